The van der Waals surface area contributed by atoms with Crippen LogP contribution in [0.3, 0.4) is 0 Å². The van der Waals surface area contributed by atoms with Crippen molar-refractivity contribution in [2.75, 3.05) is 0 Å². The summed E-state index contributed by atoms with van der Waals surface area (Å²) in [5, 5.41) is 26.0. The van der Waals surface area contributed by atoms with E-state index in [1.165, 1.54) is 13.3 Å². The minimum Gasteiger partial charge on any atom is -0.480 e. The van der Waals surface area contributed by atoms with Gasteiger partial charge in [-0.05, 0) is 6.92 Å². The van der Waals surface area contributed by atoms with E-state index in [2.05, 4.69) is 4.98 Å². The Labute approximate surface area is 79.6 Å². The summed E-state index contributed by atoms with van der Waals surface area (Å²) in [4.78, 5) is 14.2. The second kappa shape index (κ2) is 3.58. The number of rotatable bonds is 2. The van der Waals surface area contributed by atoms with Crippen molar-refractivity contribution in [1.29, 1.82) is 10.5 Å². The molecule has 70 valence electrons. The van der Waals surface area contributed by atoms with Gasteiger partial charge in [0.2, 0.25) is 0 Å². The summed E-state index contributed by atoms with van der Waals surface area (Å²) in [7, 11) is 0. The van der Waals surface area contributed by atoms with Crippen LogP contribution in [0, 0.1) is 22.7 Å². The second-order valence-electron chi connectivity index (χ2n) is 2.59. The monoisotopic (exact) mass is 190 g/mol. The SMILES string of the molecule is C[C@H](C(=O)O)n1cnc(C#N)c1C#N. The van der Waals surface area contributed by atoms with Gasteiger partial charge in [0.05, 0.1) is 6.33 Å². The Kier molecular flexibility index (Phi) is 2.49. The van der Waals surface area contributed by atoms with Crippen molar-refractivity contribution in [3.63, 3.8) is 0 Å². The maximum Gasteiger partial charge on any atom is 0.326 e. The number of carboxylic acids is 1. The lowest BCUT2D eigenvalue weighted by atomic mass is 10.3. The lowest BCUT2D eigenvalue weighted by Gasteiger charge is -2.07. The summed E-state index contributed by atoms with van der Waals surface area (Å²) in [6, 6.07) is 2.56. The van der Waals surface area contributed by atoms with Gasteiger partial charge in [0.15, 0.2) is 11.4 Å². The summed E-state index contributed by atoms with van der Waals surface area (Å²) >= 11 is 0. The van der Waals surface area contributed by atoms with Crippen LogP contribution >= 0.6 is 0 Å². The van der Waals surface area contributed by atoms with Crippen LogP contribution in [0.4, 0.5) is 0 Å². The molecule has 0 aliphatic carbocycles. The van der Waals surface area contributed by atoms with Crippen molar-refractivity contribution in [2.45, 2.75) is 13.0 Å². The van der Waals surface area contributed by atoms with E-state index in [4.69, 9.17) is 15.6 Å². The molecule has 1 rings (SSSR count). The van der Waals surface area contributed by atoms with Gasteiger partial charge in [-0.25, -0.2) is 9.78 Å². The number of aromatic nitrogens is 2. The number of imidazole rings is 1. The van der Waals surface area contributed by atoms with Crippen LogP contribution in [0.2, 0.25) is 0 Å². The molecule has 0 radical (unpaired) electrons. The molecule has 0 unspecified atom stereocenters. The van der Waals surface area contributed by atoms with Gasteiger partial charge in [-0.2, -0.15) is 10.5 Å². The molecule has 0 amide bonds. The van der Waals surface area contributed by atoms with Gasteiger partial charge in [0.1, 0.15) is 18.2 Å². The molecule has 1 aromatic rings. The Morgan fingerprint density at radius 2 is 2.29 bits per heavy atom. The zero-order valence-electron chi connectivity index (χ0n) is 7.30. The van der Waals surface area contributed by atoms with Gasteiger partial charge in [-0.1, -0.05) is 0 Å². The van der Waals surface area contributed by atoms with Crippen LogP contribution in [0.5, 0.6) is 0 Å². The molecule has 0 fully saturated rings. The van der Waals surface area contributed by atoms with E-state index < -0.39 is 12.0 Å². The number of nitrogens with zero attached hydrogens (tertiary/aromatic N) is 4. The molecule has 1 heterocycles. The van der Waals surface area contributed by atoms with E-state index >= 15 is 0 Å². The summed E-state index contributed by atoms with van der Waals surface area (Å²) in [5.41, 5.74) is -0.0806. The first-order valence-corrected chi connectivity index (χ1v) is 3.71. The van der Waals surface area contributed by atoms with Crippen molar-refractivity contribution >= 4 is 5.97 Å². The summed E-state index contributed by atoms with van der Waals surface area (Å²) in [6.45, 7) is 1.41. The van der Waals surface area contributed by atoms with Crippen LogP contribution in [-0.4, -0.2) is 20.6 Å². The third-order valence-electron chi connectivity index (χ3n) is 1.78. The maximum absolute atomic E-state index is 10.6. The highest BCUT2D eigenvalue weighted by Crippen LogP contribution is 2.12. The van der Waals surface area contributed by atoms with Crippen LogP contribution in [-0.2, 0) is 4.79 Å². The number of carbonyl (C=O) groups is 1. The average molecular weight is 190 g/mol. The average Bonchev–Trinajstić information content (AvgIpc) is 2.58. The summed E-state index contributed by atoms with van der Waals surface area (Å²) in [6.07, 6.45) is 1.18. The molecule has 1 aromatic heterocycles. The van der Waals surface area contributed by atoms with Crippen molar-refractivity contribution in [1.82, 2.24) is 9.55 Å². The molecule has 6 nitrogen and oxygen atoms in total. The topological polar surface area (TPSA) is 103 Å². The lowest BCUT2D eigenvalue weighted by Crippen LogP contribution is -2.16. The van der Waals surface area contributed by atoms with E-state index in [9.17, 15) is 4.79 Å². The zero-order chi connectivity index (χ0) is 10.7. The fourth-order valence-electron chi connectivity index (χ4n) is 0.966. The summed E-state index contributed by atoms with van der Waals surface area (Å²) in [5.74, 6) is -1.08. The van der Waals surface area contributed by atoms with E-state index in [0.29, 0.717) is 0 Å². The van der Waals surface area contributed by atoms with Crippen LogP contribution < -0.4 is 0 Å². The predicted molar refractivity (Wildman–Crippen MR) is 44.0 cm³/mol. The molecular formula is C8H6N4O2. The normalized spacial score (nSPS) is 11.4. The standard InChI is InChI=1S/C8H6N4O2/c1-5(8(13)14)12-4-11-6(2-9)7(12)3-10/h4-5H,1H3,(H,13,14)/t5-/m1/s1. The van der Waals surface area contributed by atoms with Gasteiger partial charge in [-0.15, -0.1) is 0 Å². The van der Waals surface area contributed by atoms with Crippen LogP contribution in [0.25, 0.3) is 0 Å². The fourth-order valence-corrected chi connectivity index (χ4v) is 0.966. The van der Waals surface area contributed by atoms with Gasteiger partial charge in [-0.3, -0.25) is 0 Å². The third kappa shape index (κ3) is 1.41. The largest absolute Gasteiger partial charge is 0.480 e. The first kappa shape index (κ1) is 9.75. The molecule has 0 aliphatic rings. The first-order valence-electron chi connectivity index (χ1n) is 3.71. The highest BCUT2D eigenvalue weighted by molar-refractivity contribution is 5.71. The smallest absolute Gasteiger partial charge is 0.326 e. The number of hydrogen-bond acceptors (Lipinski definition) is 4. The summed E-state index contributed by atoms with van der Waals surface area (Å²) < 4.78 is 1.15. The Morgan fingerprint density at radius 3 is 2.71 bits per heavy atom. The third-order valence-corrected chi connectivity index (χ3v) is 1.78. The van der Waals surface area contributed by atoms with E-state index in [1.54, 1.807) is 12.1 Å². The van der Waals surface area contributed by atoms with Crippen LogP contribution in [0.15, 0.2) is 6.33 Å². The Morgan fingerprint density at radius 1 is 1.64 bits per heavy atom. The molecule has 14 heavy (non-hydrogen) atoms. The van der Waals surface area contributed by atoms with E-state index in [-0.39, 0.29) is 11.4 Å². The first-order chi connectivity index (χ1) is 6.61. The second-order valence-corrected chi connectivity index (χ2v) is 2.59. The van der Waals surface area contributed by atoms with Crippen molar-refractivity contribution in [3.05, 3.63) is 17.7 Å². The molecule has 1 N–H and O–H groups in total. The molecule has 0 spiro atoms. The van der Waals surface area contributed by atoms with Crippen molar-refractivity contribution < 1.29 is 9.90 Å². The fraction of sp³-hybridized carbons (Fsp3) is 0.250. The zero-order valence-corrected chi connectivity index (χ0v) is 7.30. The van der Waals surface area contributed by atoms with Crippen molar-refractivity contribution in [2.24, 2.45) is 0 Å². The highest BCUT2D eigenvalue weighted by Gasteiger charge is 2.19. The number of nitriles is 2. The quantitative estimate of drug-likeness (QED) is 0.720. The van der Waals surface area contributed by atoms with Gasteiger partial charge in [0.25, 0.3) is 0 Å². The van der Waals surface area contributed by atoms with Crippen LogP contribution in [0.1, 0.15) is 24.4 Å². The van der Waals surface area contributed by atoms with E-state index in [1.807, 2.05) is 0 Å². The highest BCUT2D eigenvalue weighted by atomic mass is 16.4. The number of aliphatic carboxylic acids is 1. The predicted octanol–water partition coefficient (Wildman–Crippen LogP) is 0.272. The lowest BCUT2D eigenvalue weighted by molar-refractivity contribution is -0.140. The van der Waals surface area contributed by atoms with Gasteiger partial charge in [0, 0.05) is 0 Å². The maximum atomic E-state index is 10.6. The molecule has 1 atom stereocenters. The molecular weight excluding hydrogens is 184 g/mol. The molecule has 0 aliphatic heterocycles. The Hall–Kier alpha value is -2.34. The molecule has 6 heteroatoms. The molecule has 0 aromatic carbocycles. The van der Waals surface area contributed by atoms with Crippen molar-refractivity contribution in [3.8, 4) is 12.1 Å². The van der Waals surface area contributed by atoms with Gasteiger partial charge < -0.3 is 9.67 Å². The molecule has 0 saturated carbocycles. The molecule has 0 saturated heterocycles. The Balaban J connectivity index is 3.25. The molecule has 0 bridgehead atoms. The minimum atomic E-state index is -1.08. The number of carboxylic acid groups (broad SMARTS) is 1. The Bertz CT molecular complexity index is 449. The number of hydrogen-bond donors (Lipinski definition) is 1. The van der Waals surface area contributed by atoms with E-state index in [0.717, 1.165) is 4.57 Å². The van der Waals surface area contributed by atoms with Gasteiger partial charge >= 0.3 is 5.97 Å². The minimum absolute atomic E-state index is 0.0256.